The Kier molecular flexibility index (Phi) is 7.87. The summed E-state index contributed by atoms with van der Waals surface area (Å²) in [7, 11) is -2.54. The largest absolute Gasteiger partial charge is 0.339 e. The number of aromatic nitrogens is 3. The fourth-order valence-electron chi connectivity index (χ4n) is 4.10. The van der Waals surface area contributed by atoms with Gasteiger partial charge in [-0.3, -0.25) is 4.79 Å². The van der Waals surface area contributed by atoms with Gasteiger partial charge < -0.3 is 4.90 Å². The van der Waals surface area contributed by atoms with Gasteiger partial charge >= 0.3 is 0 Å². The Hall–Kier alpha value is -1.98. The number of halogens is 3. The molecule has 1 aliphatic rings. The van der Waals surface area contributed by atoms with Crippen LogP contribution in [0.5, 0.6) is 0 Å². The number of benzene rings is 2. The Labute approximate surface area is 222 Å². The van der Waals surface area contributed by atoms with Gasteiger partial charge in [0.2, 0.25) is 10.0 Å². The van der Waals surface area contributed by atoms with Crippen molar-refractivity contribution >= 4 is 55.1 Å². The molecule has 12 heteroatoms. The van der Waals surface area contributed by atoms with Crippen molar-refractivity contribution < 1.29 is 13.2 Å². The summed E-state index contributed by atoms with van der Waals surface area (Å²) in [5.41, 5.74) is 3.09. The molecule has 0 atom stereocenters. The maximum absolute atomic E-state index is 13.1. The van der Waals surface area contributed by atoms with Crippen molar-refractivity contribution in [1.29, 1.82) is 0 Å². The van der Waals surface area contributed by atoms with Crippen LogP contribution in [0.2, 0.25) is 10.0 Å². The summed E-state index contributed by atoms with van der Waals surface area (Å²) in [6, 6.07) is 8.55. The number of hydrogen-bond donors (Lipinski definition) is 1. The number of amides is 1. The van der Waals surface area contributed by atoms with E-state index in [0.717, 1.165) is 40.7 Å². The molecule has 1 saturated heterocycles. The molecule has 35 heavy (non-hydrogen) atoms. The van der Waals surface area contributed by atoms with Crippen LogP contribution in [0, 0.1) is 12.8 Å². The van der Waals surface area contributed by atoms with E-state index in [-0.39, 0.29) is 26.4 Å². The highest BCUT2D eigenvalue weighted by Crippen LogP contribution is 2.31. The van der Waals surface area contributed by atoms with Gasteiger partial charge in [-0.2, -0.15) is 0 Å². The second kappa shape index (κ2) is 10.6. The molecule has 8 nitrogen and oxygen atoms in total. The number of nitrogens with zero attached hydrogens (tertiary/aromatic N) is 4. The minimum absolute atomic E-state index is 0.0362. The van der Waals surface area contributed by atoms with Gasteiger partial charge in [-0.15, -0.1) is 5.10 Å². The minimum atomic E-state index is -3.83. The number of carbonyl (C=O) groups is 1. The van der Waals surface area contributed by atoms with Crippen molar-refractivity contribution in [3.05, 3.63) is 67.9 Å². The van der Waals surface area contributed by atoms with Crippen LogP contribution in [0.4, 0.5) is 0 Å². The molecule has 2 heterocycles. The maximum Gasteiger partial charge on any atom is 0.255 e. The quantitative estimate of drug-likeness (QED) is 0.444. The zero-order chi connectivity index (χ0) is 25.3. The van der Waals surface area contributed by atoms with Crippen molar-refractivity contribution in [2.45, 2.75) is 31.1 Å². The van der Waals surface area contributed by atoms with Gasteiger partial charge in [-0.05, 0) is 75.0 Å². The molecular formula is C23H24BrCl2N5O3S. The smallest absolute Gasteiger partial charge is 0.255 e. The Morgan fingerprint density at radius 3 is 2.54 bits per heavy atom. The zero-order valence-corrected chi connectivity index (χ0v) is 23.0. The summed E-state index contributed by atoms with van der Waals surface area (Å²) in [6.45, 7) is 3.10. The molecule has 0 saturated carbocycles. The van der Waals surface area contributed by atoms with Gasteiger partial charge in [0.25, 0.3) is 5.91 Å². The predicted octanol–water partition coefficient (Wildman–Crippen LogP) is 4.65. The summed E-state index contributed by atoms with van der Waals surface area (Å²) < 4.78 is 29.5. The summed E-state index contributed by atoms with van der Waals surface area (Å²) in [4.78, 5) is 14.7. The first-order valence-corrected chi connectivity index (χ1v) is 14.0. The average Bonchev–Trinajstić information content (AvgIpc) is 3.29. The number of aryl methyl sites for hydroxylation is 1. The van der Waals surface area contributed by atoms with Crippen molar-refractivity contribution in [3.63, 3.8) is 0 Å². The van der Waals surface area contributed by atoms with E-state index in [4.69, 9.17) is 23.2 Å². The number of rotatable bonds is 6. The van der Waals surface area contributed by atoms with Crippen LogP contribution >= 0.6 is 39.1 Å². The lowest BCUT2D eigenvalue weighted by Gasteiger charge is -2.32. The first kappa shape index (κ1) is 26.1. The first-order valence-electron chi connectivity index (χ1n) is 11.0. The summed E-state index contributed by atoms with van der Waals surface area (Å²) in [5.74, 6) is 0.0472. The number of hydrogen-bond acceptors (Lipinski definition) is 5. The van der Waals surface area contributed by atoms with Crippen LogP contribution in [0.1, 0.15) is 34.5 Å². The van der Waals surface area contributed by atoms with Crippen molar-refractivity contribution in [1.82, 2.24) is 24.6 Å². The van der Waals surface area contributed by atoms with Crippen LogP contribution in [0.25, 0.3) is 5.69 Å². The van der Waals surface area contributed by atoms with Crippen molar-refractivity contribution in [3.8, 4) is 5.69 Å². The SMILES string of the molecule is CNS(=O)(=O)c1cc(C(=O)N2CCC(Cc3cn(-c4ccc(Br)c(C)c4)nn3)CC2)c(Cl)cc1Cl. The topological polar surface area (TPSA) is 97.2 Å². The molecular weight excluding hydrogens is 577 g/mol. The van der Waals surface area contributed by atoms with Crippen molar-refractivity contribution in [2.75, 3.05) is 20.1 Å². The lowest BCUT2D eigenvalue weighted by atomic mass is 9.92. The normalized spacial score (nSPS) is 14.9. The van der Waals surface area contributed by atoms with Gasteiger partial charge in [0.15, 0.2) is 0 Å². The van der Waals surface area contributed by atoms with Gasteiger partial charge in [0.1, 0.15) is 4.90 Å². The van der Waals surface area contributed by atoms with E-state index >= 15 is 0 Å². The van der Waals surface area contributed by atoms with Gasteiger partial charge in [-0.25, -0.2) is 17.8 Å². The molecule has 2 aromatic carbocycles. The van der Waals surface area contributed by atoms with Crippen LogP contribution in [0.3, 0.4) is 0 Å². The van der Waals surface area contributed by atoms with E-state index in [2.05, 4.69) is 31.0 Å². The number of sulfonamides is 1. The van der Waals surface area contributed by atoms with Crippen LogP contribution < -0.4 is 4.72 Å². The third-order valence-electron chi connectivity index (χ3n) is 6.16. The van der Waals surface area contributed by atoms with E-state index in [1.165, 1.54) is 19.2 Å². The van der Waals surface area contributed by atoms with Crippen LogP contribution in [-0.4, -0.2) is 54.4 Å². The van der Waals surface area contributed by atoms with E-state index < -0.39 is 10.0 Å². The van der Waals surface area contributed by atoms with Gasteiger partial charge in [0.05, 0.1) is 33.2 Å². The maximum atomic E-state index is 13.1. The van der Waals surface area contributed by atoms with Gasteiger partial charge in [-0.1, -0.05) is 44.3 Å². The Balaban J connectivity index is 1.41. The molecule has 1 fully saturated rings. The summed E-state index contributed by atoms with van der Waals surface area (Å²) in [6.07, 6.45) is 4.30. The van der Waals surface area contributed by atoms with Gasteiger partial charge in [0, 0.05) is 17.6 Å². The third-order valence-corrected chi connectivity index (χ3v) is 9.24. The molecule has 1 aliphatic heterocycles. The molecule has 3 aromatic rings. The highest BCUT2D eigenvalue weighted by molar-refractivity contribution is 9.10. The molecule has 1 amide bonds. The second-order valence-corrected chi connectivity index (χ2v) is 12.0. The minimum Gasteiger partial charge on any atom is -0.339 e. The number of carbonyl (C=O) groups excluding carboxylic acids is 1. The fraction of sp³-hybridized carbons (Fsp3) is 0.348. The fourth-order valence-corrected chi connectivity index (χ4v) is 5.93. The number of nitrogens with one attached hydrogen (secondary N) is 1. The Bertz CT molecular complexity index is 1370. The molecule has 1 aromatic heterocycles. The second-order valence-electron chi connectivity index (χ2n) is 8.50. The standard InChI is InChI=1S/C23H24BrCl2N5O3S/c1-14-9-17(3-4-19(14)24)31-13-16(28-29-31)10-15-5-7-30(8-6-15)23(32)18-11-22(35(33,34)27-2)21(26)12-20(18)25/h3-4,9,11-13,15,27H,5-8,10H2,1-2H3. The third kappa shape index (κ3) is 5.72. The number of likely N-dealkylation sites (tertiary alicyclic amines) is 1. The molecule has 0 radical (unpaired) electrons. The highest BCUT2D eigenvalue weighted by Gasteiger charge is 2.28. The molecule has 4 rings (SSSR count). The molecule has 0 aliphatic carbocycles. The van der Waals surface area contributed by atoms with E-state index in [0.29, 0.717) is 19.0 Å². The van der Waals surface area contributed by atoms with Crippen molar-refractivity contribution in [2.24, 2.45) is 5.92 Å². The van der Waals surface area contributed by atoms with E-state index in [1.54, 1.807) is 9.58 Å². The van der Waals surface area contributed by atoms with E-state index in [1.807, 2.05) is 31.3 Å². The summed E-state index contributed by atoms with van der Waals surface area (Å²) in [5, 5.41) is 8.68. The Morgan fingerprint density at radius 2 is 1.89 bits per heavy atom. The Morgan fingerprint density at radius 1 is 1.17 bits per heavy atom. The highest BCUT2D eigenvalue weighted by atomic mass is 79.9. The van der Waals surface area contributed by atoms with E-state index in [9.17, 15) is 13.2 Å². The number of piperidine rings is 1. The lowest BCUT2D eigenvalue weighted by Crippen LogP contribution is -2.39. The molecule has 186 valence electrons. The molecule has 0 unspecified atom stereocenters. The van der Waals surface area contributed by atoms with Crippen LogP contribution in [0.15, 0.2) is 45.9 Å². The molecule has 0 spiro atoms. The zero-order valence-electron chi connectivity index (χ0n) is 19.1. The molecule has 1 N–H and O–H groups in total. The first-order chi connectivity index (χ1) is 16.6. The lowest BCUT2D eigenvalue weighted by molar-refractivity contribution is 0.0690. The predicted molar refractivity (Wildman–Crippen MR) is 139 cm³/mol. The average molecular weight is 601 g/mol. The summed E-state index contributed by atoms with van der Waals surface area (Å²) >= 11 is 15.8. The van der Waals surface area contributed by atoms with Crippen LogP contribution in [-0.2, 0) is 16.4 Å². The monoisotopic (exact) mass is 599 g/mol. The molecule has 0 bridgehead atoms.